The van der Waals surface area contributed by atoms with E-state index in [0.717, 1.165) is 4.88 Å². The lowest BCUT2D eigenvalue weighted by atomic mass is 10.3. The molecule has 1 N–H and O–H groups in total. The van der Waals surface area contributed by atoms with E-state index in [0.29, 0.717) is 18.0 Å². The van der Waals surface area contributed by atoms with Crippen molar-refractivity contribution in [3.05, 3.63) is 46.2 Å². The first kappa shape index (κ1) is 17.3. The number of carbonyl (C=O) groups excluding carboxylic acids is 1. The topological polar surface area (TPSA) is 56.8 Å². The quantitative estimate of drug-likeness (QED) is 0.806. The largest absolute Gasteiger partial charge is 0.497 e. The Morgan fingerprint density at radius 1 is 1.22 bits per heavy atom. The molecule has 1 atom stereocenters. The van der Waals surface area contributed by atoms with Crippen LogP contribution in [0.5, 0.6) is 11.5 Å². The van der Waals surface area contributed by atoms with Crippen LogP contribution in [-0.2, 0) is 9.53 Å². The lowest BCUT2D eigenvalue weighted by Crippen LogP contribution is -2.32. The van der Waals surface area contributed by atoms with Crippen molar-refractivity contribution >= 4 is 17.2 Å². The zero-order valence-corrected chi connectivity index (χ0v) is 14.3. The van der Waals surface area contributed by atoms with E-state index in [1.807, 2.05) is 31.2 Å². The molecule has 0 radical (unpaired) electrons. The van der Waals surface area contributed by atoms with Gasteiger partial charge < -0.3 is 19.5 Å². The minimum Gasteiger partial charge on any atom is -0.497 e. The van der Waals surface area contributed by atoms with Gasteiger partial charge in [-0.2, -0.15) is 0 Å². The van der Waals surface area contributed by atoms with Gasteiger partial charge in [-0.1, -0.05) is 6.07 Å². The van der Waals surface area contributed by atoms with Crippen LogP contribution in [0.25, 0.3) is 0 Å². The van der Waals surface area contributed by atoms with Gasteiger partial charge in [-0.25, -0.2) is 0 Å². The molecular weight excluding hydrogens is 314 g/mol. The predicted molar refractivity (Wildman–Crippen MR) is 90.3 cm³/mol. The molecule has 0 aliphatic rings. The Hall–Kier alpha value is -2.05. The van der Waals surface area contributed by atoms with E-state index in [1.54, 1.807) is 37.7 Å². The van der Waals surface area contributed by atoms with Gasteiger partial charge in [0.2, 0.25) is 0 Å². The smallest absolute Gasteiger partial charge is 0.258 e. The molecular formula is C17H21NO4S. The van der Waals surface area contributed by atoms with Crippen molar-refractivity contribution in [3.63, 3.8) is 0 Å². The average Bonchev–Trinajstić information content (AvgIpc) is 3.00. The molecule has 0 saturated heterocycles. The highest BCUT2D eigenvalue weighted by atomic mass is 32.1. The first-order valence-electron chi connectivity index (χ1n) is 7.25. The number of hydrogen-bond donors (Lipinski definition) is 1. The molecule has 0 fully saturated rings. The Labute approximate surface area is 140 Å². The second-order valence-corrected chi connectivity index (χ2v) is 6.26. The number of aryl methyl sites for hydroxylation is 1. The van der Waals surface area contributed by atoms with Gasteiger partial charge in [0.1, 0.15) is 17.6 Å². The normalized spacial score (nSPS) is 11.8. The van der Waals surface area contributed by atoms with E-state index >= 15 is 0 Å². The number of methoxy groups -OCH3 is 2. The molecule has 5 nitrogen and oxygen atoms in total. The molecule has 1 aromatic carbocycles. The number of carbonyl (C=O) groups is 1. The Morgan fingerprint density at radius 2 is 2.00 bits per heavy atom. The van der Waals surface area contributed by atoms with Crippen molar-refractivity contribution in [2.75, 3.05) is 27.4 Å². The summed E-state index contributed by atoms with van der Waals surface area (Å²) in [6, 6.07) is 11.2. The van der Waals surface area contributed by atoms with Gasteiger partial charge in [0.05, 0.1) is 7.11 Å². The minimum atomic E-state index is -0.192. The molecule has 0 spiro atoms. The maximum absolute atomic E-state index is 11.9. The summed E-state index contributed by atoms with van der Waals surface area (Å²) in [5, 5.41) is 2.83. The number of thiophene rings is 1. The van der Waals surface area contributed by atoms with Crippen LogP contribution >= 0.6 is 11.3 Å². The molecule has 0 aliphatic heterocycles. The molecule has 0 aliphatic carbocycles. The molecule has 2 rings (SSSR count). The Balaban J connectivity index is 1.80. The van der Waals surface area contributed by atoms with Crippen molar-refractivity contribution in [1.82, 2.24) is 5.32 Å². The third-order valence-corrected chi connectivity index (χ3v) is 4.35. The highest BCUT2D eigenvalue weighted by Crippen LogP contribution is 2.24. The maximum Gasteiger partial charge on any atom is 0.258 e. The van der Waals surface area contributed by atoms with Crippen LogP contribution in [0.15, 0.2) is 36.4 Å². The molecule has 23 heavy (non-hydrogen) atoms. The minimum absolute atomic E-state index is 0.0485. The van der Waals surface area contributed by atoms with Gasteiger partial charge in [0, 0.05) is 29.5 Å². The maximum atomic E-state index is 11.9. The van der Waals surface area contributed by atoms with E-state index in [-0.39, 0.29) is 18.6 Å². The highest BCUT2D eigenvalue weighted by Gasteiger charge is 2.14. The molecule has 1 aromatic heterocycles. The summed E-state index contributed by atoms with van der Waals surface area (Å²) in [5.41, 5.74) is 0. The lowest BCUT2D eigenvalue weighted by molar-refractivity contribution is -0.123. The van der Waals surface area contributed by atoms with Crippen LogP contribution in [0.2, 0.25) is 0 Å². The number of ether oxygens (including phenoxy) is 3. The molecule has 0 saturated carbocycles. The van der Waals surface area contributed by atoms with Gasteiger partial charge in [-0.05, 0) is 31.2 Å². The van der Waals surface area contributed by atoms with Gasteiger partial charge in [-0.15, -0.1) is 11.3 Å². The third-order valence-electron chi connectivity index (χ3n) is 3.26. The van der Waals surface area contributed by atoms with Crippen LogP contribution in [0, 0.1) is 6.92 Å². The molecule has 2 aromatic rings. The highest BCUT2D eigenvalue weighted by molar-refractivity contribution is 7.12. The van der Waals surface area contributed by atoms with E-state index in [4.69, 9.17) is 14.2 Å². The van der Waals surface area contributed by atoms with E-state index in [2.05, 4.69) is 5.32 Å². The number of nitrogens with one attached hydrogen (secondary N) is 1. The number of hydrogen-bond acceptors (Lipinski definition) is 5. The number of benzene rings is 1. The zero-order valence-electron chi connectivity index (χ0n) is 13.5. The molecule has 1 unspecified atom stereocenters. The zero-order chi connectivity index (χ0) is 16.7. The Morgan fingerprint density at radius 3 is 2.65 bits per heavy atom. The van der Waals surface area contributed by atoms with Gasteiger partial charge in [-0.3, -0.25) is 4.79 Å². The second kappa shape index (κ2) is 8.55. The molecule has 124 valence electrons. The second-order valence-electron chi connectivity index (χ2n) is 4.94. The lowest BCUT2D eigenvalue weighted by Gasteiger charge is -2.15. The van der Waals surface area contributed by atoms with E-state index < -0.39 is 0 Å². The van der Waals surface area contributed by atoms with Crippen LogP contribution in [-0.4, -0.2) is 33.3 Å². The molecule has 1 heterocycles. The van der Waals surface area contributed by atoms with Crippen molar-refractivity contribution in [2.24, 2.45) is 0 Å². The summed E-state index contributed by atoms with van der Waals surface area (Å²) >= 11 is 1.66. The van der Waals surface area contributed by atoms with Crippen molar-refractivity contribution < 1.29 is 19.0 Å². The third kappa shape index (κ3) is 5.26. The van der Waals surface area contributed by atoms with E-state index in [1.165, 1.54) is 4.88 Å². The standard InChI is InChI=1S/C17H21NO4S/c1-12-7-8-16(23-12)15(21-3)10-18-17(19)11-22-14-6-4-5-13(9-14)20-2/h4-9,15H,10-11H2,1-3H3,(H,18,19). The molecule has 1 amide bonds. The van der Waals surface area contributed by atoms with Crippen molar-refractivity contribution in [3.8, 4) is 11.5 Å². The monoisotopic (exact) mass is 335 g/mol. The van der Waals surface area contributed by atoms with Gasteiger partial charge >= 0.3 is 0 Å². The van der Waals surface area contributed by atoms with Crippen LogP contribution < -0.4 is 14.8 Å². The summed E-state index contributed by atoms with van der Waals surface area (Å²) < 4.78 is 16.0. The fourth-order valence-corrected chi connectivity index (χ4v) is 2.98. The summed E-state index contributed by atoms with van der Waals surface area (Å²) in [7, 11) is 3.22. The van der Waals surface area contributed by atoms with Crippen molar-refractivity contribution in [1.29, 1.82) is 0 Å². The Bertz CT molecular complexity index is 641. The van der Waals surface area contributed by atoms with E-state index in [9.17, 15) is 4.79 Å². The van der Waals surface area contributed by atoms with Crippen LogP contribution in [0.1, 0.15) is 15.9 Å². The summed E-state index contributed by atoms with van der Waals surface area (Å²) in [6.45, 7) is 2.41. The van der Waals surface area contributed by atoms with Gasteiger partial charge in [0.15, 0.2) is 6.61 Å². The predicted octanol–water partition coefficient (Wildman–Crippen LogP) is 2.95. The Kier molecular flexibility index (Phi) is 6.43. The number of amides is 1. The van der Waals surface area contributed by atoms with Crippen LogP contribution in [0.3, 0.4) is 0 Å². The first-order chi connectivity index (χ1) is 11.1. The SMILES string of the molecule is COc1cccc(OCC(=O)NCC(OC)c2ccc(C)s2)c1. The molecule has 0 bridgehead atoms. The van der Waals surface area contributed by atoms with Crippen LogP contribution in [0.4, 0.5) is 0 Å². The summed E-state index contributed by atoms with van der Waals surface area (Å²) in [4.78, 5) is 14.2. The fourth-order valence-electron chi connectivity index (χ4n) is 2.02. The summed E-state index contributed by atoms with van der Waals surface area (Å²) in [6.07, 6.45) is -0.144. The van der Waals surface area contributed by atoms with Gasteiger partial charge in [0.25, 0.3) is 5.91 Å². The number of rotatable bonds is 8. The van der Waals surface area contributed by atoms with Crippen molar-refractivity contribution in [2.45, 2.75) is 13.0 Å². The average molecular weight is 335 g/mol. The first-order valence-corrected chi connectivity index (χ1v) is 8.06. The fraction of sp³-hybridized carbons (Fsp3) is 0.353. The summed E-state index contributed by atoms with van der Waals surface area (Å²) in [5.74, 6) is 1.09. The molecule has 6 heteroatoms.